The van der Waals surface area contributed by atoms with Crippen LogP contribution in [0.15, 0.2) is 42.5 Å². The van der Waals surface area contributed by atoms with Crippen LogP contribution >= 0.6 is 0 Å². The lowest BCUT2D eigenvalue weighted by Crippen LogP contribution is -2.41. The molecule has 1 aliphatic heterocycles. The van der Waals surface area contributed by atoms with Crippen molar-refractivity contribution in [2.24, 2.45) is 5.92 Å². The first-order valence-electron chi connectivity index (χ1n) is 8.44. The molecular formula is C19H23NO6. The largest absolute Gasteiger partial charge is 0.509 e. The molecule has 7 nitrogen and oxygen atoms in total. The van der Waals surface area contributed by atoms with Gasteiger partial charge in [-0.3, -0.25) is 4.79 Å². The quantitative estimate of drug-likeness (QED) is 0.571. The van der Waals surface area contributed by atoms with E-state index in [1.807, 2.05) is 44.2 Å². The van der Waals surface area contributed by atoms with E-state index in [0.29, 0.717) is 0 Å². The lowest BCUT2D eigenvalue weighted by Gasteiger charge is -2.21. The van der Waals surface area contributed by atoms with Gasteiger partial charge >= 0.3 is 12.2 Å². The first-order valence-corrected chi connectivity index (χ1v) is 8.44. The van der Waals surface area contributed by atoms with Gasteiger partial charge in [0.2, 0.25) is 0 Å². The van der Waals surface area contributed by atoms with Crippen LogP contribution in [0.5, 0.6) is 0 Å². The number of ether oxygens (including phenoxy) is 3. The van der Waals surface area contributed by atoms with E-state index < -0.39 is 24.3 Å². The average molecular weight is 361 g/mol. The van der Waals surface area contributed by atoms with E-state index in [2.05, 4.69) is 0 Å². The standard InChI is InChI=1S/C19H23NO6/c1-13(2)16-12-24-18(22)20(16)17(21)10-9-14(3)26-19(23)25-11-15-7-5-4-6-8-15/h4-10,13-14,16H,11-12H2,1-3H3/b10-9+/t14-,16+/m0/s1. The number of rotatable bonds is 6. The van der Waals surface area contributed by atoms with Gasteiger partial charge in [0.15, 0.2) is 0 Å². The lowest BCUT2D eigenvalue weighted by atomic mass is 10.0. The zero-order chi connectivity index (χ0) is 19.1. The molecule has 0 spiro atoms. The van der Waals surface area contributed by atoms with Crippen LogP contribution in [-0.2, 0) is 25.6 Å². The molecule has 0 N–H and O–H groups in total. The van der Waals surface area contributed by atoms with Crippen molar-refractivity contribution in [2.45, 2.75) is 39.5 Å². The highest BCUT2D eigenvalue weighted by Gasteiger charge is 2.38. The van der Waals surface area contributed by atoms with Crippen LogP contribution in [0.4, 0.5) is 9.59 Å². The molecule has 1 aliphatic rings. The Morgan fingerprint density at radius 3 is 2.62 bits per heavy atom. The number of benzene rings is 1. The van der Waals surface area contributed by atoms with Crippen LogP contribution in [0.2, 0.25) is 0 Å². The summed E-state index contributed by atoms with van der Waals surface area (Å²) in [6.07, 6.45) is 0.429. The predicted molar refractivity (Wildman–Crippen MR) is 93.1 cm³/mol. The van der Waals surface area contributed by atoms with E-state index >= 15 is 0 Å². The van der Waals surface area contributed by atoms with Crippen molar-refractivity contribution < 1.29 is 28.6 Å². The fourth-order valence-electron chi connectivity index (χ4n) is 2.42. The van der Waals surface area contributed by atoms with Crippen LogP contribution in [-0.4, -0.2) is 41.8 Å². The molecule has 0 radical (unpaired) electrons. The first-order chi connectivity index (χ1) is 12.4. The van der Waals surface area contributed by atoms with Crippen LogP contribution in [0.25, 0.3) is 0 Å². The predicted octanol–water partition coefficient (Wildman–Crippen LogP) is 3.29. The Morgan fingerprint density at radius 2 is 1.96 bits per heavy atom. The van der Waals surface area contributed by atoms with Crippen LogP contribution in [0.3, 0.4) is 0 Å². The Bertz CT molecular complexity index is 670. The van der Waals surface area contributed by atoms with Crippen molar-refractivity contribution in [2.75, 3.05) is 6.61 Å². The molecular weight excluding hydrogens is 338 g/mol. The first kappa shape index (κ1) is 19.5. The minimum absolute atomic E-state index is 0.0837. The number of cyclic esters (lactones) is 1. The van der Waals surface area contributed by atoms with E-state index in [-0.39, 0.29) is 25.2 Å². The van der Waals surface area contributed by atoms with Crippen molar-refractivity contribution in [3.05, 3.63) is 48.0 Å². The molecule has 7 heteroatoms. The number of hydrogen-bond acceptors (Lipinski definition) is 6. The van der Waals surface area contributed by atoms with Gasteiger partial charge in [-0.15, -0.1) is 0 Å². The van der Waals surface area contributed by atoms with E-state index in [9.17, 15) is 14.4 Å². The average Bonchev–Trinajstić information content (AvgIpc) is 3.01. The zero-order valence-corrected chi connectivity index (χ0v) is 15.1. The van der Waals surface area contributed by atoms with Crippen molar-refractivity contribution in [3.8, 4) is 0 Å². The number of amides is 2. The van der Waals surface area contributed by atoms with E-state index in [1.54, 1.807) is 6.92 Å². The van der Waals surface area contributed by atoms with Gasteiger partial charge in [-0.1, -0.05) is 44.2 Å². The second-order valence-electron chi connectivity index (χ2n) is 6.30. The second-order valence-corrected chi connectivity index (χ2v) is 6.30. The molecule has 26 heavy (non-hydrogen) atoms. The van der Waals surface area contributed by atoms with Gasteiger partial charge in [-0.25, -0.2) is 14.5 Å². The summed E-state index contributed by atoms with van der Waals surface area (Å²) >= 11 is 0. The van der Waals surface area contributed by atoms with Gasteiger partial charge in [0.25, 0.3) is 5.91 Å². The number of hydrogen-bond donors (Lipinski definition) is 0. The Hall–Kier alpha value is -2.83. The van der Waals surface area contributed by atoms with Crippen molar-refractivity contribution >= 4 is 18.2 Å². The molecule has 0 unspecified atom stereocenters. The summed E-state index contributed by atoms with van der Waals surface area (Å²) in [5.74, 6) is -0.417. The summed E-state index contributed by atoms with van der Waals surface area (Å²) in [7, 11) is 0. The number of carbonyl (C=O) groups is 3. The summed E-state index contributed by atoms with van der Waals surface area (Å²) < 4.78 is 15.0. The third kappa shape index (κ3) is 5.34. The van der Waals surface area contributed by atoms with Gasteiger partial charge in [0, 0.05) is 6.08 Å². The second kappa shape index (κ2) is 9.03. The molecule has 1 aromatic rings. The Kier molecular flexibility index (Phi) is 6.77. The fraction of sp³-hybridized carbons (Fsp3) is 0.421. The number of nitrogens with zero attached hydrogens (tertiary/aromatic N) is 1. The van der Waals surface area contributed by atoms with Crippen molar-refractivity contribution in [1.82, 2.24) is 4.90 Å². The van der Waals surface area contributed by atoms with Crippen molar-refractivity contribution in [1.29, 1.82) is 0 Å². The van der Waals surface area contributed by atoms with Gasteiger partial charge < -0.3 is 14.2 Å². The zero-order valence-electron chi connectivity index (χ0n) is 15.1. The van der Waals surface area contributed by atoms with Gasteiger partial charge in [0.1, 0.15) is 19.3 Å². The topological polar surface area (TPSA) is 82.1 Å². The highest BCUT2D eigenvalue weighted by atomic mass is 16.7. The Balaban J connectivity index is 1.82. The van der Waals surface area contributed by atoms with Crippen molar-refractivity contribution in [3.63, 3.8) is 0 Å². The molecule has 2 atom stereocenters. The van der Waals surface area contributed by atoms with Gasteiger partial charge in [-0.05, 0) is 24.5 Å². The van der Waals surface area contributed by atoms with E-state index in [4.69, 9.17) is 14.2 Å². The highest BCUT2D eigenvalue weighted by molar-refractivity contribution is 5.99. The molecule has 0 saturated carbocycles. The van der Waals surface area contributed by atoms with Crippen LogP contribution in [0.1, 0.15) is 26.3 Å². The van der Waals surface area contributed by atoms with Crippen LogP contribution < -0.4 is 0 Å². The van der Waals surface area contributed by atoms with Gasteiger partial charge in [0.05, 0.1) is 6.04 Å². The highest BCUT2D eigenvalue weighted by Crippen LogP contribution is 2.20. The van der Waals surface area contributed by atoms with Gasteiger partial charge in [-0.2, -0.15) is 0 Å². The molecule has 0 bridgehead atoms. The summed E-state index contributed by atoms with van der Waals surface area (Å²) in [6.45, 7) is 5.70. The normalized spacial score (nSPS) is 18.1. The van der Waals surface area contributed by atoms with Crippen LogP contribution in [0, 0.1) is 5.92 Å². The van der Waals surface area contributed by atoms with E-state index in [0.717, 1.165) is 10.5 Å². The smallest absolute Gasteiger partial charge is 0.447 e. The third-order valence-corrected chi connectivity index (χ3v) is 3.90. The SMILES string of the molecule is CC(C)[C@H]1COC(=O)N1C(=O)/C=C/[C@H](C)OC(=O)OCc1ccccc1. The molecule has 1 saturated heterocycles. The minimum Gasteiger partial charge on any atom is -0.447 e. The molecule has 0 aliphatic carbocycles. The number of carbonyl (C=O) groups excluding carboxylic acids is 3. The summed E-state index contributed by atoms with van der Waals surface area (Å²) in [6, 6.07) is 8.91. The molecule has 140 valence electrons. The summed E-state index contributed by atoms with van der Waals surface area (Å²) in [5.41, 5.74) is 0.843. The summed E-state index contributed by atoms with van der Waals surface area (Å²) in [5, 5.41) is 0. The molecule has 1 fully saturated rings. The maximum Gasteiger partial charge on any atom is 0.509 e. The molecule has 2 amide bonds. The van der Waals surface area contributed by atoms with E-state index in [1.165, 1.54) is 12.2 Å². The monoisotopic (exact) mass is 361 g/mol. The molecule has 0 aromatic heterocycles. The molecule has 1 aromatic carbocycles. The maximum absolute atomic E-state index is 12.2. The lowest BCUT2D eigenvalue weighted by molar-refractivity contribution is -0.124. The fourth-order valence-corrected chi connectivity index (χ4v) is 2.42. The molecule has 2 rings (SSSR count). The Labute approximate surface area is 152 Å². The third-order valence-electron chi connectivity index (χ3n) is 3.90. The maximum atomic E-state index is 12.2. The minimum atomic E-state index is -0.834. The molecule has 1 heterocycles. The number of imide groups is 1. The Morgan fingerprint density at radius 1 is 1.27 bits per heavy atom. The summed E-state index contributed by atoms with van der Waals surface area (Å²) in [4.78, 5) is 36.7.